The third kappa shape index (κ3) is 7.11. The second kappa shape index (κ2) is 10.9. The zero-order valence-corrected chi connectivity index (χ0v) is 13.5. The van der Waals surface area contributed by atoms with Crippen molar-refractivity contribution in [1.82, 2.24) is 10.3 Å². The Morgan fingerprint density at radius 2 is 1.90 bits per heavy atom. The van der Waals surface area contributed by atoms with Crippen LogP contribution in [0.2, 0.25) is 5.02 Å². The maximum absolute atomic E-state index is 6.11. The molecule has 0 fully saturated rings. The molecule has 0 aliphatic heterocycles. The summed E-state index contributed by atoms with van der Waals surface area (Å²) < 4.78 is 5.69. The number of aromatic nitrogens is 1. The summed E-state index contributed by atoms with van der Waals surface area (Å²) >= 11 is 6.11. The van der Waals surface area contributed by atoms with E-state index in [-0.39, 0.29) is 0 Å². The molecule has 1 aromatic heterocycles. The van der Waals surface area contributed by atoms with Crippen LogP contribution >= 0.6 is 11.6 Å². The van der Waals surface area contributed by atoms with E-state index in [1.165, 1.54) is 32.1 Å². The van der Waals surface area contributed by atoms with Crippen LogP contribution in [0.1, 0.15) is 57.9 Å². The Labute approximate surface area is 128 Å². The minimum Gasteiger partial charge on any atom is -0.478 e. The maximum atomic E-state index is 6.11. The van der Waals surface area contributed by atoms with Crippen LogP contribution in [0.5, 0.6) is 5.88 Å². The number of pyridine rings is 1. The summed E-state index contributed by atoms with van der Waals surface area (Å²) in [6.07, 6.45) is 9.27. The van der Waals surface area contributed by atoms with Gasteiger partial charge in [-0.05, 0) is 18.5 Å². The molecule has 0 aliphatic carbocycles. The van der Waals surface area contributed by atoms with Crippen molar-refractivity contribution in [3.05, 3.63) is 22.8 Å². The van der Waals surface area contributed by atoms with E-state index in [1.807, 2.05) is 6.07 Å². The lowest BCUT2D eigenvalue weighted by molar-refractivity contribution is 0.293. The molecule has 0 bridgehead atoms. The van der Waals surface area contributed by atoms with Crippen LogP contribution < -0.4 is 10.1 Å². The Morgan fingerprint density at radius 1 is 1.15 bits per heavy atom. The second-order valence-corrected chi connectivity index (χ2v) is 5.42. The highest BCUT2D eigenvalue weighted by Gasteiger charge is 2.04. The Bertz CT molecular complexity index is 371. The molecule has 0 spiro atoms. The van der Waals surface area contributed by atoms with Crippen molar-refractivity contribution in [3.8, 4) is 5.88 Å². The predicted molar refractivity (Wildman–Crippen MR) is 85.5 cm³/mol. The van der Waals surface area contributed by atoms with Crippen LogP contribution in [0.25, 0.3) is 0 Å². The molecule has 0 aliphatic rings. The molecular weight excluding hydrogens is 272 g/mol. The van der Waals surface area contributed by atoms with Crippen LogP contribution in [0.3, 0.4) is 0 Å². The first kappa shape index (κ1) is 17.3. The molecule has 1 aromatic rings. The third-order valence-electron chi connectivity index (χ3n) is 3.22. The summed E-state index contributed by atoms with van der Waals surface area (Å²) in [7, 11) is 0. The first-order chi connectivity index (χ1) is 9.77. The lowest BCUT2D eigenvalue weighted by Crippen LogP contribution is -2.12. The van der Waals surface area contributed by atoms with Gasteiger partial charge in [-0.3, -0.25) is 0 Å². The first-order valence-electron chi connectivity index (χ1n) is 7.75. The minimum absolute atomic E-state index is 0.677. The third-order valence-corrected chi connectivity index (χ3v) is 3.56. The fourth-order valence-electron chi connectivity index (χ4n) is 1.99. The maximum Gasteiger partial charge on any atom is 0.213 e. The molecule has 0 saturated heterocycles. The number of hydrogen-bond donors (Lipinski definition) is 1. The molecule has 20 heavy (non-hydrogen) atoms. The van der Waals surface area contributed by atoms with Crippen LogP contribution in [-0.2, 0) is 6.54 Å². The average Bonchev–Trinajstić information content (AvgIpc) is 2.46. The standard InChI is InChI=1S/C16H27ClN2O/c1-3-5-6-7-8-9-10-20-16-11-14(12-18-4-2)15(17)13-19-16/h11,13,18H,3-10,12H2,1-2H3. The number of unbranched alkanes of at least 4 members (excludes halogenated alkanes) is 5. The predicted octanol–water partition coefficient (Wildman–Crippen LogP) is 4.58. The van der Waals surface area contributed by atoms with Crippen molar-refractivity contribution >= 4 is 11.6 Å². The van der Waals surface area contributed by atoms with E-state index in [9.17, 15) is 0 Å². The summed E-state index contributed by atoms with van der Waals surface area (Å²) in [5.74, 6) is 0.677. The van der Waals surface area contributed by atoms with Crippen LogP contribution in [-0.4, -0.2) is 18.1 Å². The zero-order chi connectivity index (χ0) is 14.6. The molecule has 0 radical (unpaired) electrons. The van der Waals surface area contributed by atoms with Crippen LogP contribution in [0.4, 0.5) is 0 Å². The summed E-state index contributed by atoms with van der Waals surface area (Å²) in [6.45, 7) is 6.73. The smallest absolute Gasteiger partial charge is 0.213 e. The quantitative estimate of drug-likeness (QED) is 0.607. The van der Waals surface area contributed by atoms with E-state index in [2.05, 4.69) is 24.1 Å². The molecule has 0 saturated carbocycles. The van der Waals surface area contributed by atoms with Gasteiger partial charge >= 0.3 is 0 Å². The van der Waals surface area contributed by atoms with Gasteiger partial charge in [0.15, 0.2) is 0 Å². The highest BCUT2D eigenvalue weighted by molar-refractivity contribution is 6.31. The monoisotopic (exact) mass is 298 g/mol. The molecule has 4 heteroatoms. The van der Waals surface area contributed by atoms with Gasteiger partial charge in [0.05, 0.1) is 11.6 Å². The average molecular weight is 299 g/mol. The number of nitrogens with one attached hydrogen (secondary N) is 1. The first-order valence-corrected chi connectivity index (χ1v) is 8.13. The van der Waals surface area contributed by atoms with Crippen molar-refractivity contribution in [1.29, 1.82) is 0 Å². The topological polar surface area (TPSA) is 34.1 Å². The van der Waals surface area contributed by atoms with Gasteiger partial charge in [0.25, 0.3) is 0 Å². The van der Waals surface area contributed by atoms with Gasteiger partial charge in [-0.15, -0.1) is 0 Å². The van der Waals surface area contributed by atoms with Crippen molar-refractivity contribution in [2.75, 3.05) is 13.2 Å². The van der Waals surface area contributed by atoms with Gasteiger partial charge in [-0.2, -0.15) is 0 Å². The Balaban J connectivity index is 2.26. The zero-order valence-electron chi connectivity index (χ0n) is 12.8. The van der Waals surface area contributed by atoms with Crippen molar-refractivity contribution in [2.45, 2.75) is 58.9 Å². The number of rotatable bonds is 11. The molecule has 0 aromatic carbocycles. The Hall–Kier alpha value is -0.800. The van der Waals surface area contributed by atoms with E-state index in [0.717, 1.165) is 31.7 Å². The number of nitrogens with zero attached hydrogens (tertiary/aromatic N) is 1. The summed E-state index contributed by atoms with van der Waals surface area (Å²) in [4.78, 5) is 4.21. The summed E-state index contributed by atoms with van der Waals surface area (Å²) in [5, 5.41) is 3.95. The molecule has 3 nitrogen and oxygen atoms in total. The van der Waals surface area contributed by atoms with Crippen molar-refractivity contribution in [2.24, 2.45) is 0 Å². The van der Waals surface area contributed by atoms with E-state index in [0.29, 0.717) is 10.9 Å². The number of ether oxygens (including phenoxy) is 1. The fourth-order valence-corrected chi connectivity index (χ4v) is 2.16. The molecule has 114 valence electrons. The van der Waals surface area contributed by atoms with Crippen molar-refractivity contribution < 1.29 is 4.74 Å². The Morgan fingerprint density at radius 3 is 2.65 bits per heavy atom. The lowest BCUT2D eigenvalue weighted by Gasteiger charge is -2.09. The highest BCUT2D eigenvalue weighted by atomic mass is 35.5. The molecule has 0 unspecified atom stereocenters. The van der Waals surface area contributed by atoms with E-state index in [1.54, 1.807) is 6.20 Å². The summed E-state index contributed by atoms with van der Waals surface area (Å²) in [5.41, 5.74) is 1.04. The number of hydrogen-bond acceptors (Lipinski definition) is 3. The van der Waals surface area contributed by atoms with E-state index >= 15 is 0 Å². The highest BCUT2D eigenvalue weighted by Crippen LogP contribution is 2.19. The molecular formula is C16H27ClN2O. The van der Waals surface area contributed by atoms with Crippen molar-refractivity contribution in [3.63, 3.8) is 0 Å². The second-order valence-electron chi connectivity index (χ2n) is 5.01. The van der Waals surface area contributed by atoms with Gasteiger partial charge in [0.1, 0.15) is 0 Å². The van der Waals surface area contributed by atoms with E-state index < -0.39 is 0 Å². The van der Waals surface area contributed by atoms with Gasteiger partial charge in [-0.25, -0.2) is 4.98 Å². The van der Waals surface area contributed by atoms with Gasteiger partial charge < -0.3 is 10.1 Å². The van der Waals surface area contributed by atoms with Crippen LogP contribution in [0, 0.1) is 0 Å². The van der Waals surface area contributed by atoms with Crippen LogP contribution in [0.15, 0.2) is 12.3 Å². The van der Waals surface area contributed by atoms with Gasteiger partial charge in [-0.1, -0.05) is 57.6 Å². The summed E-state index contributed by atoms with van der Waals surface area (Å²) in [6, 6.07) is 1.93. The lowest BCUT2D eigenvalue weighted by atomic mass is 10.1. The van der Waals surface area contributed by atoms with Gasteiger partial charge in [0.2, 0.25) is 5.88 Å². The minimum atomic E-state index is 0.677. The molecule has 1 N–H and O–H groups in total. The molecule has 1 rings (SSSR count). The largest absolute Gasteiger partial charge is 0.478 e. The van der Waals surface area contributed by atoms with Gasteiger partial charge in [0, 0.05) is 18.8 Å². The number of halogens is 1. The molecule has 1 heterocycles. The SMILES string of the molecule is CCCCCCCCOc1cc(CNCC)c(Cl)cn1. The molecule has 0 atom stereocenters. The molecule has 0 amide bonds. The van der Waals surface area contributed by atoms with E-state index in [4.69, 9.17) is 16.3 Å². The Kier molecular flexibility index (Phi) is 9.42. The normalized spacial score (nSPS) is 10.8. The fraction of sp³-hybridized carbons (Fsp3) is 0.688.